The zero-order valence-corrected chi connectivity index (χ0v) is 12.6. The minimum Gasteiger partial charge on any atom is -0.511 e. The molecule has 1 aliphatic carbocycles. The highest BCUT2D eigenvalue weighted by molar-refractivity contribution is 6.15. The molecule has 0 aromatic heterocycles. The van der Waals surface area contributed by atoms with Crippen LogP contribution in [0.5, 0.6) is 0 Å². The third-order valence-electron chi connectivity index (χ3n) is 3.55. The normalized spacial score (nSPS) is 22.4. The Balaban J connectivity index is 3.09. The predicted octanol–water partition coefficient (Wildman–Crippen LogP) is 2.46. The van der Waals surface area contributed by atoms with Crippen molar-refractivity contribution in [2.75, 3.05) is 13.7 Å². The number of ketones is 1. The molecule has 1 N–H and O–H groups in total. The first kappa shape index (κ1) is 16.4. The Morgan fingerprint density at radius 1 is 1.55 bits per heavy atom. The summed E-state index contributed by atoms with van der Waals surface area (Å²) in [5.74, 6) is -1.76. The monoisotopic (exact) mass is 281 g/mol. The summed E-state index contributed by atoms with van der Waals surface area (Å²) in [5.41, 5.74) is -0.523. The molecule has 1 rings (SSSR count). The van der Waals surface area contributed by atoms with Crippen LogP contribution >= 0.6 is 0 Å². The molecule has 0 saturated carbocycles. The second kappa shape index (κ2) is 6.68. The van der Waals surface area contributed by atoms with Crippen LogP contribution in [0.15, 0.2) is 16.3 Å². The minimum absolute atomic E-state index is 0.135. The number of Topliss-reactive ketones (excluding diaryl/α,β-unsaturated/α-hetero) is 1. The van der Waals surface area contributed by atoms with Gasteiger partial charge in [-0.15, -0.1) is 0 Å². The number of rotatable bonds is 5. The molecule has 112 valence electrons. The highest BCUT2D eigenvalue weighted by Crippen LogP contribution is 2.41. The number of carbonyl (C=O) groups is 2. The smallest absolute Gasteiger partial charge is 0.316 e. The molecule has 0 spiro atoms. The number of nitrogens with zero attached hydrogens (tertiary/aromatic N) is 1. The van der Waals surface area contributed by atoms with Gasteiger partial charge in [-0.2, -0.15) is 0 Å². The number of aliphatic hydroxyl groups is 1. The molecule has 0 fully saturated rings. The van der Waals surface area contributed by atoms with E-state index in [0.29, 0.717) is 6.54 Å². The van der Waals surface area contributed by atoms with Gasteiger partial charge in [-0.25, -0.2) is 0 Å². The summed E-state index contributed by atoms with van der Waals surface area (Å²) >= 11 is 0. The van der Waals surface area contributed by atoms with E-state index in [0.717, 1.165) is 12.8 Å². The number of ether oxygens (including phenoxy) is 1. The zero-order chi connectivity index (χ0) is 15.3. The third-order valence-corrected chi connectivity index (χ3v) is 3.55. The van der Waals surface area contributed by atoms with Gasteiger partial charge in [0.1, 0.15) is 11.7 Å². The van der Waals surface area contributed by atoms with E-state index >= 15 is 0 Å². The Bertz CT molecular complexity index is 449. The Hall–Kier alpha value is -1.65. The van der Waals surface area contributed by atoms with Crippen LogP contribution in [0.4, 0.5) is 0 Å². The van der Waals surface area contributed by atoms with E-state index in [1.165, 1.54) is 13.3 Å². The summed E-state index contributed by atoms with van der Waals surface area (Å²) in [6.07, 6.45) is 3.50. The zero-order valence-electron chi connectivity index (χ0n) is 12.6. The van der Waals surface area contributed by atoms with Crippen LogP contribution in [-0.4, -0.2) is 36.7 Å². The lowest BCUT2D eigenvalue weighted by Gasteiger charge is -2.35. The SMILES string of the molecule is CCCCN=CC1=C(O)[C@@H](C(=O)OC)C(C)(C)CC1=O. The number of aliphatic hydroxyl groups excluding tert-OH is 1. The first-order chi connectivity index (χ1) is 9.35. The van der Waals surface area contributed by atoms with E-state index in [9.17, 15) is 14.7 Å². The van der Waals surface area contributed by atoms with Gasteiger partial charge in [0, 0.05) is 19.2 Å². The van der Waals surface area contributed by atoms with Gasteiger partial charge in [0.2, 0.25) is 0 Å². The van der Waals surface area contributed by atoms with Crippen molar-refractivity contribution in [2.24, 2.45) is 16.3 Å². The van der Waals surface area contributed by atoms with Crippen LogP contribution in [0.3, 0.4) is 0 Å². The lowest BCUT2D eigenvalue weighted by molar-refractivity contribution is -0.150. The summed E-state index contributed by atoms with van der Waals surface area (Å²) in [6, 6.07) is 0. The molecule has 20 heavy (non-hydrogen) atoms. The molecule has 0 heterocycles. The fourth-order valence-electron chi connectivity index (χ4n) is 2.37. The van der Waals surface area contributed by atoms with Gasteiger partial charge < -0.3 is 9.84 Å². The summed E-state index contributed by atoms with van der Waals surface area (Å²) in [6.45, 7) is 6.20. The van der Waals surface area contributed by atoms with Gasteiger partial charge >= 0.3 is 5.97 Å². The van der Waals surface area contributed by atoms with Crippen LogP contribution < -0.4 is 0 Å². The fraction of sp³-hybridized carbons (Fsp3) is 0.667. The molecule has 0 aromatic carbocycles. The molecule has 5 nitrogen and oxygen atoms in total. The van der Waals surface area contributed by atoms with E-state index in [2.05, 4.69) is 4.99 Å². The lowest BCUT2D eigenvalue weighted by atomic mass is 9.68. The summed E-state index contributed by atoms with van der Waals surface area (Å²) in [7, 11) is 1.27. The molecule has 1 aliphatic rings. The minimum atomic E-state index is -0.821. The van der Waals surface area contributed by atoms with E-state index in [4.69, 9.17) is 4.74 Å². The third kappa shape index (κ3) is 3.46. The van der Waals surface area contributed by atoms with Crippen molar-refractivity contribution in [3.8, 4) is 0 Å². The Labute approximate surface area is 119 Å². The molecule has 0 saturated heterocycles. The largest absolute Gasteiger partial charge is 0.511 e. The predicted molar refractivity (Wildman–Crippen MR) is 76.8 cm³/mol. The molecule has 0 amide bonds. The number of allylic oxidation sites excluding steroid dienone is 1. The average Bonchev–Trinajstić information content (AvgIpc) is 2.36. The van der Waals surface area contributed by atoms with Crippen molar-refractivity contribution >= 4 is 18.0 Å². The maximum absolute atomic E-state index is 12.1. The summed E-state index contributed by atoms with van der Waals surface area (Å²) in [5, 5.41) is 10.3. The molecule has 0 aromatic rings. The van der Waals surface area contributed by atoms with Crippen molar-refractivity contribution in [3.05, 3.63) is 11.3 Å². The van der Waals surface area contributed by atoms with E-state index in [1.54, 1.807) is 13.8 Å². The topological polar surface area (TPSA) is 76.0 Å². The molecule has 0 bridgehead atoms. The molecule has 5 heteroatoms. The van der Waals surface area contributed by atoms with Crippen LogP contribution in [0.2, 0.25) is 0 Å². The first-order valence-electron chi connectivity index (χ1n) is 6.89. The Kier molecular flexibility index (Phi) is 5.48. The van der Waals surface area contributed by atoms with Gasteiger partial charge in [-0.3, -0.25) is 14.6 Å². The van der Waals surface area contributed by atoms with Crippen molar-refractivity contribution in [3.63, 3.8) is 0 Å². The highest BCUT2D eigenvalue weighted by atomic mass is 16.5. The number of hydrogen-bond donors (Lipinski definition) is 1. The average molecular weight is 281 g/mol. The van der Waals surface area contributed by atoms with Crippen molar-refractivity contribution < 1.29 is 19.4 Å². The molecule has 0 aliphatic heterocycles. The summed E-state index contributed by atoms with van der Waals surface area (Å²) < 4.78 is 4.73. The molecular formula is C15H23NO4. The quantitative estimate of drug-likeness (QED) is 0.477. The highest BCUT2D eigenvalue weighted by Gasteiger charge is 2.46. The molecule has 0 radical (unpaired) electrons. The fourth-order valence-corrected chi connectivity index (χ4v) is 2.37. The van der Waals surface area contributed by atoms with Gasteiger partial charge in [0.15, 0.2) is 5.78 Å². The molecular weight excluding hydrogens is 258 g/mol. The van der Waals surface area contributed by atoms with Crippen molar-refractivity contribution in [1.82, 2.24) is 0 Å². The van der Waals surface area contributed by atoms with Gasteiger partial charge in [-0.05, 0) is 11.8 Å². The number of aliphatic imine (C=N–C) groups is 1. The lowest BCUT2D eigenvalue weighted by Crippen LogP contribution is -2.40. The number of carbonyl (C=O) groups excluding carboxylic acids is 2. The maximum atomic E-state index is 12.1. The number of methoxy groups -OCH3 is 1. The number of esters is 1. The number of unbranched alkanes of at least 4 members (excludes halogenated alkanes) is 1. The van der Waals surface area contributed by atoms with Crippen molar-refractivity contribution in [2.45, 2.75) is 40.0 Å². The second-order valence-corrected chi connectivity index (χ2v) is 5.73. The van der Waals surface area contributed by atoms with Gasteiger partial charge in [0.05, 0.1) is 12.7 Å². The van der Waals surface area contributed by atoms with Crippen LogP contribution in [-0.2, 0) is 14.3 Å². The van der Waals surface area contributed by atoms with Crippen molar-refractivity contribution in [1.29, 1.82) is 0 Å². The number of hydrogen-bond acceptors (Lipinski definition) is 5. The maximum Gasteiger partial charge on any atom is 0.316 e. The molecule has 1 atom stereocenters. The van der Waals surface area contributed by atoms with Crippen LogP contribution in [0, 0.1) is 11.3 Å². The van der Waals surface area contributed by atoms with Gasteiger partial charge in [-0.1, -0.05) is 27.2 Å². The summed E-state index contributed by atoms with van der Waals surface area (Å²) in [4.78, 5) is 28.1. The standard InChI is InChI=1S/C15H23NO4/c1-5-6-7-16-9-10-11(17)8-15(2,3)12(13(10)18)14(19)20-4/h9,12,18H,5-8H2,1-4H3/t12-/m0/s1. The Morgan fingerprint density at radius 2 is 2.20 bits per heavy atom. The van der Waals surface area contributed by atoms with E-state index in [1.807, 2.05) is 6.92 Å². The first-order valence-corrected chi connectivity index (χ1v) is 6.89. The van der Waals surface area contributed by atoms with E-state index in [-0.39, 0.29) is 23.5 Å². The van der Waals surface area contributed by atoms with Crippen LogP contribution in [0.1, 0.15) is 40.0 Å². The second-order valence-electron chi connectivity index (χ2n) is 5.73. The Morgan fingerprint density at radius 3 is 2.75 bits per heavy atom. The molecule has 0 unspecified atom stereocenters. The van der Waals surface area contributed by atoms with E-state index < -0.39 is 17.3 Å². The van der Waals surface area contributed by atoms with Crippen LogP contribution in [0.25, 0.3) is 0 Å². The van der Waals surface area contributed by atoms with Gasteiger partial charge in [0.25, 0.3) is 0 Å².